The topological polar surface area (TPSA) is 68.2 Å². The summed E-state index contributed by atoms with van der Waals surface area (Å²) in [7, 11) is 1.66. The van der Waals surface area contributed by atoms with Crippen LogP contribution in [0.5, 0.6) is 17.2 Å². The van der Waals surface area contributed by atoms with Crippen LogP contribution < -0.4 is 14.2 Å². The van der Waals surface area contributed by atoms with Gasteiger partial charge in [0.15, 0.2) is 0 Å². The molecule has 176 valence electrons. The fourth-order valence-electron chi connectivity index (χ4n) is 4.35. The van der Waals surface area contributed by atoms with E-state index in [1.165, 1.54) is 0 Å². The lowest BCUT2D eigenvalue weighted by atomic mass is 9.90. The molecule has 0 bridgehead atoms. The third-order valence-electron chi connectivity index (χ3n) is 5.56. The zero-order valence-corrected chi connectivity index (χ0v) is 20.4. The molecule has 0 radical (unpaired) electrons. The van der Waals surface area contributed by atoms with Gasteiger partial charge in [0.1, 0.15) is 17.2 Å². The normalized spacial score (nSPS) is 10.9. The molecule has 0 spiro atoms. The Morgan fingerprint density at radius 3 is 1.21 bits per heavy atom. The van der Waals surface area contributed by atoms with Crippen molar-refractivity contribution in [1.82, 2.24) is 0 Å². The highest BCUT2D eigenvalue weighted by Gasteiger charge is 2.22. The quantitative estimate of drug-likeness (QED) is 0.435. The van der Waals surface area contributed by atoms with Crippen molar-refractivity contribution in [3.05, 3.63) is 64.2 Å². The second kappa shape index (κ2) is 10.7. The molecule has 5 nitrogen and oxygen atoms in total. The van der Waals surface area contributed by atoms with Crippen LogP contribution in [0.15, 0.2) is 36.4 Å². The maximum absolute atomic E-state index is 9.99. The van der Waals surface area contributed by atoms with Crippen molar-refractivity contribution in [2.45, 2.75) is 47.8 Å². The number of aryl methyl sites for hydroxylation is 3. The van der Waals surface area contributed by atoms with E-state index in [2.05, 4.69) is 24.3 Å². The van der Waals surface area contributed by atoms with E-state index in [1.54, 1.807) is 7.11 Å². The highest BCUT2D eigenvalue weighted by Crippen LogP contribution is 2.47. The summed E-state index contributed by atoms with van der Waals surface area (Å²) >= 11 is 0. The molecule has 0 atom stereocenters. The van der Waals surface area contributed by atoms with Gasteiger partial charge in [0.2, 0.25) is 0 Å². The molecule has 0 saturated heterocycles. The largest absolute Gasteiger partial charge is 0.495 e. The Morgan fingerprint density at radius 1 is 0.576 bits per heavy atom. The van der Waals surface area contributed by atoms with Gasteiger partial charge in [-0.25, -0.2) is 0 Å². The average molecular weight is 451 g/mol. The van der Waals surface area contributed by atoms with Crippen molar-refractivity contribution >= 4 is 0 Å². The van der Waals surface area contributed by atoms with Gasteiger partial charge >= 0.3 is 0 Å². The molecule has 3 aromatic carbocycles. The van der Waals surface area contributed by atoms with Crippen molar-refractivity contribution in [2.75, 3.05) is 20.3 Å². The molecular formula is C28H34O5. The van der Waals surface area contributed by atoms with Crippen molar-refractivity contribution in [1.29, 1.82) is 0 Å². The van der Waals surface area contributed by atoms with Gasteiger partial charge in [-0.05, 0) is 75.6 Å². The number of hydrogen-bond donors (Lipinski definition) is 2. The Kier molecular flexibility index (Phi) is 8.01. The first-order valence-electron chi connectivity index (χ1n) is 11.3. The van der Waals surface area contributed by atoms with E-state index >= 15 is 0 Å². The van der Waals surface area contributed by atoms with Gasteiger partial charge in [-0.2, -0.15) is 0 Å². The Morgan fingerprint density at radius 2 is 0.909 bits per heavy atom. The molecule has 2 N–H and O–H groups in total. The molecule has 0 aliphatic carbocycles. The molecule has 3 aromatic rings. The van der Waals surface area contributed by atoms with Crippen molar-refractivity contribution in [3.63, 3.8) is 0 Å². The number of benzene rings is 3. The number of ether oxygens (including phenoxy) is 3. The molecule has 5 heteroatoms. The summed E-state index contributed by atoms with van der Waals surface area (Å²) in [5.74, 6) is 2.00. The molecular weight excluding hydrogens is 416 g/mol. The Labute approximate surface area is 196 Å². The van der Waals surface area contributed by atoms with Crippen LogP contribution in [0.2, 0.25) is 0 Å². The van der Waals surface area contributed by atoms with E-state index in [-0.39, 0.29) is 13.2 Å². The summed E-state index contributed by atoms with van der Waals surface area (Å²) in [6, 6.07) is 12.2. The van der Waals surface area contributed by atoms with Crippen LogP contribution in [-0.4, -0.2) is 30.5 Å². The molecule has 0 heterocycles. The predicted molar refractivity (Wildman–Crippen MR) is 132 cm³/mol. The van der Waals surface area contributed by atoms with Gasteiger partial charge in [-0.15, -0.1) is 0 Å². The predicted octanol–water partition coefficient (Wildman–Crippen LogP) is 5.74. The molecule has 0 aromatic heterocycles. The van der Waals surface area contributed by atoms with Crippen molar-refractivity contribution < 1.29 is 24.4 Å². The zero-order chi connectivity index (χ0) is 24.1. The second-order valence-electron chi connectivity index (χ2n) is 8.18. The van der Waals surface area contributed by atoms with Crippen LogP contribution in [-0.2, 0) is 13.2 Å². The fourth-order valence-corrected chi connectivity index (χ4v) is 4.35. The van der Waals surface area contributed by atoms with Gasteiger partial charge in [-0.3, -0.25) is 0 Å². The Bertz CT molecular complexity index is 1050. The maximum atomic E-state index is 9.99. The van der Waals surface area contributed by atoms with Crippen molar-refractivity contribution in [3.8, 4) is 39.5 Å². The van der Waals surface area contributed by atoms with Crippen LogP contribution in [0.25, 0.3) is 22.3 Å². The number of aliphatic hydroxyl groups excluding tert-OH is 2. The number of hydrogen-bond acceptors (Lipinski definition) is 5. The monoisotopic (exact) mass is 450 g/mol. The van der Waals surface area contributed by atoms with Gasteiger partial charge in [0.05, 0.1) is 33.5 Å². The van der Waals surface area contributed by atoms with Gasteiger partial charge in [0.25, 0.3) is 0 Å². The first kappa shape index (κ1) is 24.6. The van der Waals surface area contributed by atoms with Gasteiger partial charge in [0, 0.05) is 33.4 Å². The van der Waals surface area contributed by atoms with E-state index in [1.807, 2.05) is 46.8 Å². The summed E-state index contributed by atoms with van der Waals surface area (Å²) in [6.45, 7) is 10.6. The lowest BCUT2D eigenvalue weighted by Gasteiger charge is -2.22. The standard InChI is InChI=1S/C28H34O5/c1-7-32-26-20(15-29)9-17(3)11-22(26)24-13-19(5)14-25(28(24)31-6)23-12-18(4)10-21(16-30)27(23)33-8-2/h9-14,29-30H,7-8,15-16H2,1-6H3. The SMILES string of the molecule is CCOc1c(CO)cc(C)cc1-c1cc(C)cc(-c2cc(C)cc(CO)c2OCC)c1OC. The molecule has 0 aliphatic heterocycles. The van der Waals surface area contributed by atoms with Crippen LogP contribution in [0.1, 0.15) is 41.7 Å². The van der Waals surface area contributed by atoms with Crippen molar-refractivity contribution in [2.24, 2.45) is 0 Å². The van der Waals surface area contributed by atoms with Crippen LogP contribution in [0, 0.1) is 20.8 Å². The molecule has 0 saturated carbocycles. The zero-order valence-electron chi connectivity index (χ0n) is 20.4. The van der Waals surface area contributed by atoms with E-state index in [4.69, 9.17) is 14.2 Å². The first-order valence-corrected chi connectivity index (χ1v) is 11.3. The second-order valence-corrected chi connectivity index (χ2v) is 8.18. The summed E-state index contributed by atoms with van der Waals surface area (Å²) < 4.78 is 18.0. The fraction of sp³-hybridized carbons (Fsp3) is 0.357. The molecule has 0 amide bonds. The lowest BCUT2D eigenvalue weighted by molar-refractivity contribution is 0.267. The van der Waals surface area contributed by atoms with E-state index in [0.29, 0.717) is 30.5 Å². The highest BCUT2D eigenvalue weighted by atomic mass is 16.5. The first-order chi connectivity index (χ1) is 15.9. The summed E-state index contributed by atoms with van der Waals surface area (Å²) in [6.07, 6.45) is 0. The summed E-state index contributed by atoms with van der Waals surface area (Å²) in [5.41, 5.74) is 8.07. The minimum absolute atomic E-state index is 0.114. The number of rotatable bonds is 9. The van der Waals surface area contributed by atoms with Crippen LogP contribution >= 0.6 is 0 Å². The minimum Gasteiger partial charge on any atom is -0.495 e. The smallest absolute Gasteiger partial charge is 0.134 e. The Hall–Kier alpha value is -3.02. The lowest BCUT2D eigenvalue weighted by Crippen LogP contribution is -2.03. The van der Waals surface area contributed by atoms with Gasteiger partial charge in [-0.1, -0.05) is 12.1 Å². The summed E-state index contributed by atoms with van der Waals surface area (Å²) in [5, 5.41) is 20.0. The average Bonchev–Trinajstić information content (AvgIpc) is 2.80. The van der Waals surface area contributed by atoms with E-state index in [0.717, 1.165) is 50.1 Å². The van der Waals surface area contributed by atoms with E-state index < -0.39 is 0 Å². The minimum atomic E-state index is -0.114. The maximum Gasteiger partial charge on any atom is 0.134 e. The molecule has 0 aliphatic rings. The van der Waals surface area contributed by atoms with Crippen LogP contribution in [0.3, 0.4) is 0 Å². The number of aliphatic hydroxyl groups is 2. The third-order valence-corrected chi connectivity index (χ3v) is 5.56. The van der Waals surface area contributed by atoms with Crippen LogP contribution in [0.4, 0.5) is 0 Å². The molecule has 3 rings (SSSR count). The van der Waals surface area contributed by atoms with E-state index in [9.17, 15) is 10.2 Å². The molecule has 33 heavy (non-hydrogen) atoms. The number of methoxy groups -OCH3 is 1. The summed E-state index contributed by atoms with van der Waals surface area (Å²) in [4.78, 5) is 0. The third kappa shape index (κ3) is 5.00. The van der Waals surface area contributed by atoms with Gasteiger partial charge < -0.3 is 24.4 Å². The molecule has 0 fully saturated rings. The highest BCUT2D eigenvalue weighted by molar-refractivity contribution is 5.88. The molecule has 0 unspecified atom stereocenters. The Balaban J connectivity index is 2.40.